The molecule has 1 heterocycles. The summed E-state index contributed by atoms with van der Waals surface area (Å²) in [4.78, 5) is 23.6. The Kier molecular flexibility index (Phi) is 1.77. The molecule has 0 radical (unpaired) electrons. The number of nitrogens with two attached hydrogens (primary N) is 1. The van der Waals surface area contributed by atoms with Crippen molar-refractivity contribution >= 4 is 0 Å². The Morgan fingerprint density at radius 3 is 2.82 bits per heavy atom. The quantitative estimate of drug-likeness (QED) is 0.332. The first kappa shape index (κ1) is 7.55. The molecule has 0 aliphatic carbocycles. The molecule has 0 aromatic carbocycles. The second-order valence-corrected chi connectivity index (χ2v) is 2.07. The lowest BCUT2D eigenvalue weighted by Crippen LogP contribution is -2.38. The maximum Gasteiger partial charge on any atom is 0.348 e. The number of H-pyrrole nitrogens is 1. The smallest absolute Gasteiger partial charge is 0.272 e. The van der Waals surface area contributed by atoms with E-state index < -0.39 is 11.2 Å². The van der Waals surface area contributed by atoms with Crippen LogP contribution in [0.1, 0.15) is 5.56 Å². The van der Waals surface area contributed by atoms with E-state index in [-0.39, 0.29) is 0 Å². The van der Waals surface area contributed by atoms with Crippen molar-refractivity contribution in [1.82, 2.24) is 9.66 Å². The van der Waals surface area contributed by atoms with Crippen molar-refractivity contribution in [2.75, 3.05) is 5.53 Å². The van der Waals surface area contributed by atoms with Crippen LogP contribution in [-0.4, -0.2) is 9.66 Å². The monoisotopic (exact) mass is 156 g/mol. The third-order valence-electron chi connectivity index (χ3n) is 1.26. The van der Waals surface area contributed by atoms with Gasteiger partial charge in [0.1, 0.15) is 0 Å². The van der Waals surface area contributed by atoms with Gasteiger partial charge < -0.3 is 0 Å². The Labute approximate surface area is 61.6 Å². The van der Waals surface area contributed by atoms with Crippen LogP contribution in [0.4, 0.5) is 0 Å². The van der Waals surface area contributed by atoms with E-state index in [2.05, 4.69) is 10.5 Å². The molecule has 0 bridgehead atoms. The van der Waals surface area contributed by atoms with E-state index in [4.69, 9.17) is 5.84 Å². The highest BCUT2D eigenvalue weighted by Crippen LogP contribution is 1.77. The highest BCUT2D eigenvalue weighted by Gasteiger charge is 1.96. The first-order valence-electron chi connectivity index (χ1n) is 2.94. The number of nitrogen functional groups attached to an aromatic ring is 1. The van der Waals surface area contributed by atoms with Crippen LogP contribution in [0.3, 0.4) is 0 Å². The molecule has 11 heavy (non-hydrogen) atoms. The summed E-state index contributed by atoms with van der Waals surface area (Å²) in [5.41, 5.74) is 1.53. The molecule has 4 N–H and O–H groups in total. The number of hydrogen-bond acceptors (Lipinski definition) is 4. The predicted molar refractivity (Wildman–Crippen MR) is 39.6 cm³/mol. The predicted octanol–water partition coefficient (Wildman–Crippen LogP) is -1.74. The minimum Gasteiger partial charge on any atom is -0.272 e. The van der Waals surface area contributed by atoms with Crippen LogP contribution < -0.4 is 22.6 Å². The summed E-state index contributed by atoms with van der Waals surface area (Å²) in [7, 11) is 0. The molecule has 1 aromatic rings. The summed E-state index contributed by atoms with van der Waals surface area (Å²) < 4.78 is 0.983. The molecular weight excluding hydrogens is 148 g/mol. The fourth-order valence-corrected chi connectivity index (χ4v) is 0.663. The van der Waals surface area contributed by atoms with Gasteiger partial charge in [0.25, 0.3) is 5.56 Å². The van der Waals surface area contributed by atoms with Gasteiger partial charge in [0.15, 0.2) is 0 Å². The van der Waals surface area contributed by atoms with E-state index >= 15 is 0 Å². The third-order valence-corrected chi connectivity index (χ3v) is 1.26. The Hall–Kier alpha value is -1.56. The number of nitrogens with zero attached hydrogens (tertiary/aromatic N) is 1. The van der Waals surface area contributed by atoms with Crippen molar-refractivity contribution in [2.45, 2.75) is 6.92 Å². The Bertz CT molecular complexity index is 363. The molecule has 0 amide bonds. The average Bonchev–Trinajstić information content (AvgIpc) is 1.97. The van der Waals surface area contributed by atoms with Gasteiger partial charge in [0.05, 0.1) is 0 Å². The molecule has 0 atom stereocenters. The zero-order valence-corrected chi connectivity index (χ0v) is 5.92. The molecule has 6 nitrogen and oxygen atoms in total. The fraction of sp³-hybridized carbons (Fsp3) is 0.200. The van der Waals surface area contributed by atoms with Crippen LogP contribution in [0.15, 0.2) is 15.8 Å². The van der Waals surface area contributed by atoms with E-state index in [0.29, 0.717) is 5.56 Å². The van der Waals surface area contributed by atoms with E-state index in [9.17, 15) is 9.59 Å². The van der Waals surface area contributed by atoms with Crippen LogP contribution in [0.2, 0.25) is 0 Å². The van der Waals surface area contributed by atoms with Gasteiger partial charge in [-0.3, -0.25) is 15.3 Å². The van der Waals surface area contributed by atoms with Crippen molar-refractivity contribution in [1.29, 1.82) is 0 Å². The molecule has 0 aliphatic rings. The summed E-state index contributed by atoms with van der Waals surface area (Å²) in [6.07, 6.45) is 1.32. The second kappa shape index (κ2) is 2.59. The molecule has 0 aliphatic heterocycles. The number of rotatable bonds is 1. The zero-order valence-electron chi connectivity index (χ0n) is 5.92. The van der Waals surface area contributed by atoms with Gasteiger partial charge in [-0.15, -0.1) is 0 Å². The minimum absolute atomic E-state index is 0.401. The highest BCUT2D eigenvalue weighted by molar-refractivity contribution is 5.01. The summed E-state index contributed by atoms with van der Waals surface area (Å²) in [5.74, 6) is 4.96. The average molecular weight is 156 g/mol. The number of aromatic amines is 1. The van der Waals surface area contributed by atoms with Crippen LogP contribution in [0.5, 0.6) is 0 Å². The van der Waals surface area contributed by atoms with Gasteiger partial charge in [0.2, 0.25) is 0 Å². The number of hydrogen-bond donors (Lipinski definition) is 3. The fourth-order valence-electron chi connectivity index (χ4n) is 0.663. The largest absolute Gasteiger partial charge is 0.348 e. The summed E-state index contributed by atoms with van der Waals surface area (Å²) >= 11 is 0. The maximum absolute atomic E-state index is 10.8. The van der Waals surface area contributed by atoms with Crippen LogP contribution in [0, 0.1) is 6.92 Å². The third kappa shape index (κ3) is 1.30. The number of nitrogens with one attached hydrogen (secondary N) is 2. The van der Waals surface area contributed by atoms with Crippen molar-refractivity contribution in [3.63, 3.8) is 0 Å². The summed E-state index contributed by atoms with van der Waals surface area (Å²) in [6, 6.07) is 0. The summed E-state index contributed by atoms with van der Waals surface area (Å²) in [5, 5.41) is 0. The lowest BCUT2D eigenvalue weighted by molar-refractivity contribution is 0.774. The van der Waals surface area contributed by atoms with Crippen molar-refractivity contribution in [2.24, 2.45) is 5.84 Å². The Morgan fingerprint density at radius 1 is 1.64 bits per heavy atom. The van der Waals surface area contributed by atoms with Crippen molar-refractivity contribution in [3.8, 4) is 0 Å². The van der Waals surface area contributed by atoms with Gasteiger partial charge in [-0.1, -0.05) is 0 Å². The molecule has 0 saturated carbocycles. The molecular formula is C5H8N4O2. The highest BCUT2D eigenvalue weighted by atomic mass is 16.2. The Balaban J connectivity index is 3.45. The summed E-state index contributed by atoms with van der Waals surface area (Å²) in [6.45, 7) is 1.58. The van der Waals surface area contributed by atoms with Gasteiger partial charge >= 0.3 is 5.69 Å². The van der Waals surface area contributed by atoms with E-state index in [1.807, 2.05) is 0 Å². The molecule has 1 rings (SSSR count). The van der Waals surface area contributed by atoms with Crippen LogP contribution >= 0.6 is 0 Å². The van der Waals surface area contributed by atoms with Gasteiger partial charge in [-0.2, -0.15) is 0 Å². The SMILES string of the molecule is Cc1cn(NN)c(=O)[nH]c1=O. The second-order valence-electron chi connectivity index (χ2n) is 2.07. The Morgan fingerprint density at radius 2 is 2.27 bits per heavy atom. The van der Waals surface area contributed by atoms with Crippen molar-refractivity contribution in [3.05, 3.63) is 32.6 Å². The first-order chi connectivity index (χ1) is 5.15. The number of aryl methyl sites for hydroxylation is 1. The molecule has 0 spiro atoms. The lowest BCUT2D eigenvalue weighted by Gasteiger charge is -2.01. The van der Waals surface area contributed by atoms with Gasteiger partial charge in [-0.05, 0) is 6.92 Å². The normalized spacial score (nSPS) is 9.64. The number of hydrazine groups is 1. The lowest BCUT2D eigenvalue weighted by atomic mass is 10.4. The number of aromatic nitrogens is 2. The van der Waals surface area contributed by atoms with Crippen LogP contribution in [0.25, 0.3) is 0 Å². The molecule has 6 heteroatoms. The van der Waals surface area contributed by atoms with Crippen LogP contribution in [-0.2, 0) is 0 Å². The van der Waals surface area contributed by atoms with Gasteiger partial charge in [0, 0.05) is 11.8 Å². The van der Waals surface area contributed by atoms with E-state index in [1.165, 1.54) is 6.20 Å². The molecule has 60 valence electrons. The maximum atomic E-state index is 10.8. The molecule has 0 unspecified atom stereocenters. The first-order valence-corrected chi connectivity index (χ1v) is 2.94. The minimum atomic E-state index is -0.580. The van der Waals surface area contributed by atoms with Crippen molar-refractivity contribution < 1.29 is 0 Å². The van der Waals surface area contributed by atoms with Gasteiger partial charge in [-0.25, -0.2) is 15.3 Å². The standard InChI is InChI=1S/C5H8N4O2/c1-3-2-9(8-6)5(11)7-4(3)10/h2,8H,6H2,1H3,(H,7,10,11). The van der Waals surface area contributed by atoms with E-state index in [0.717, 1.165) is 4.68 Å². The molecule has 1 aromatic heterocycles. The van der Waals surface area contributed by atoms with E-state index in [1.54, 1.807) is 6.92 Å². The topological polar surface area (TPSA) is 92.9 Å². The molecule has 0 fully saturated rings. The molecule has 0 saturated heterocycles. The zero-order chi connectivity index (χ0) is 8.43.